The molecule has 0 bridgehead atoms. The number of nitrogens with two attached hydrogens (primary N) is 1. The van der Waals surface area contributed by atoms with E-state index in [0.29, 0.717) is 5.92 Å². The average Bonchev–Trinajstić information content (AvgIpc) is 2.85. The summed E-state index contributed by atoms with van der Waals surface area (Å²) >= 11 is 0. The average molecular weight is 272 g/mol. The van der Waals surface area contributed by atoms with Gasteiger partial charge in [-0.3, -0.25) is 0 Å². The van der Waals surface area contributed by atoms with Crippen LogP contribution in [-0.4, -0.2) is 11.7 Å². The lowest BCUT2D eigenvalue weighted by Crippen LogP contribution is -2.23. The van der Waals surface area contributed by atoms with Crippen LogP contribution >= 0.6 is 0 Å². The highest BCUT2D eigenvalue weighted by Gasteiger charge is 2.25. The molecule has 1 aromatic heterocycles. The van der Waals surface area contributed by atoms with Gasteiger partial charge in [0.1, 0.15) is 5.75 Å². The maximum absolute atomic E-state index is 6.59. The fourth-order valence-electron chi connectivity index (χ4n) is 3.64. The number of benzene rings is 1. The molecule has 3 heteroatoms. The molecular formula is C17H24N2O. The Labute approximate surface area is 120 Å². The number of ether oxygens (including phenoxy) is 1. The molecule has 1 unspecified atom stereocenters. The van der Waals surface area contributed by atoms with Crippen molar-refractivity contribution in [1.82, 2.24) is 4.57 Å². The van der Waals surface area contributed by atoms with E-state index in [-0.39, 0.29) is 6.04 Å². The minimum atomic E-state index is 0.145. The van der Waals surface area contributed by atoms with Gasteiger partial charge in [-0.25, -0.2) is 0 Å². The van der Waals surface area contributed by atoms with Crippen LogP contribution in [0.1, 0.15) is 43.7 Å². The monoisotopic (exact) mass is 272 g/mol. The lowest BCUT2D eigenvalue weighted by Gasteiger charge is -2.27. The van der Waals surface area contributed by atoms with Crippen molar-refractivity contribution in [3.63, 3.8) is 0 Å². The molecule has 1 heterocycles. The number of rotatable bonds is 3. The molecule has 1 aromatic carbocycles. The number of aryl methyl sites for hydroxylation is 1. The first kappa shape index (κ1) is 13.5. The summed E-state index contributed by atoms with van der Waals surface area (Å²) in [4.78, 5) is 0. The molecule has 2 aromatic rings. The van der Waals surface area contributed by atoms with E-state index in [1.807, 2.05) is 6.07 Å². The first-order valence-corrected chi connectivity index (χ1v) is 7.60. The van der Waals surface area contributed by atoms with Crippen LogP contribution < -0.4 is 10.5 Å². The third-order valence-electron chi connectivity index (χ3n) is 4.73. The Morgan fingerprint density at radius 2 is 2.00 bits per heavy atom. The summed E-state index contributed by atoms with van der Waals surface area (Å²) in [6.45, 7) is 0. The van der Waals surface area contributed by atoms with E-state index in [0.717, 1.165) is 11.3 Å². The van der Waals surface area contributed by atoms with E-state index in [4.69, 9.17) is 10.5 Å². The molecular weight excluding hydrogens is 248 g/mol. The first-order chi connectivity index (χ1) is 9.72. The van der Waals surface area contributed by atoms with Crippen LogP contribution in [0.4, 0.5) is 0 Å². The number of para-hydroxylation sites is 1. The fraction of sp³-hybridized carbons (Fsp3) is 0.529. The lowest BCUT2D eigenvalue weighted by molar-refractivity contribution is 0.309. The zero-order chi connectivity index (χ0) is 14.1. The molecule has 1 fully saturated rings. The number of fused-ring (bicyclic) bond motifs is 1. The third-order valence-corrected chi connectivity index (χ3v) is 4.73. The second-order valence-electron chi connectivity index (χ2n) is 5.98. The van der Waals surface area contributed by atoms with Gasteiger partial charge in [0.15, 0.2) is 0 Å². The molecule has 108 valence electrons. The molecule has 2 N–H and O–H groups in total. The Morgan fingerprint density at radius 3 is 2.70 bits per heavy atom. The van der Waals surface area contributed by atoms with Crippen LogP contribution in [0, 0.1) is 5.92 Å². The standard InChI is InChI=1S/C17H24N2O/c1-19-11-14(16(18)12-7-4-3-5-8-12)13-9-6-10-15(20-2)17(13)19/h6,9-12,16H,3-5,7-8,18H2,1-2H3. The second kappa shape index (κ2) is 5.49. The van der Waals surface area contributed by atoms with Gasteiger partial charge in [0, 0.05) is 24.7 Å². The number of methoxy groups -OCH3 is 1. The summed E-state index contributed by atoms with van der Waals surface area (Å²) in [5.41, 5.74) is 9.01. The lowest BCUT2D eigenvalue weighted by atomic mass is 9.81. The van der Waals surface area contributed by atoms with Gasteiger partial charge in [-0.05, 0) is 30.4 Å². The van der Waals surface area contributed by atoms with E-state index in [2.05, 4.69) is 29.9 Å². The first-order valence-electron chi connectivity index (χ1n) is 7.60. The Kier molecular flexibility index (Phi) is 3.70. The summed E-state index contributed by atoms with van der Waals surface area (Å²) in [5, 5.41) is 1.24. The van der Waals surface area contributed by atoms with Crippen molar-refractivity contribution < 1.29 is 4.74 Å². The van der Waals surface area contributed by atoms with Gasteiger partial charge in [0.25, 0.3) is 0 Å². The molecule has 1 aliphatic rings. The predicted molar refractivity (Wildman–Crippen MR) is 83.0 cm³/mol. The highest BCUT2D eigenvalue weighted by atomic mass is 16.5. The summed E-state index contributed by atoms with van der Waals surface area (Å²) in [6, 6.07) is 6.37. The molecule has 20 heavy (non-hydrogen) atoms. The summed E-state index contributed by atoms with van der Waals surface area (Å²) < 4.78 is 7.63. The molecule has 1 aliphatic carbocycles. The molecule has 0 spiro atoms. The second-order valence-corrected chi connectivity index (χ2v) is 5.98. The number of hydrogen-bond acceptors (Lipinski definition) is 2. The van der Waals surface area contributed by atoms with Crippen molar-refractivity contribution in [2.24, 2.45) is 18.7 Å². The SMILES string of the molecule is COc1cccc2c(C(N)C3CCCCC3)cn(C)c12. The molecule has 0 amide bonds. The predicted octanol–water partition coefficient (Wildman–Crippen LogP) is 3.77. The van der Waals surface area contributed by atoms with Crippen LogP contribution in [0.5, 0.6) is 5.75 Å². The molecule has 3 nitrogen and oxygen atoms in total. The molecule has 0 radical (unpaired) electrons. The number of aromatic nitrogens is 1. The molecule has 3 rings (SSSR count). The van der Waals surface area contributed by atoms with Crippen LogP contribution in [0.2, 0.25) is 0 Å². The Hall–Kier alpha value is -1.48. The molecule has 1 saturated carbocycles. The maximum Gasteiger partial charge on any atom is 0.143 e. The summed E-state index contributed by atoms with van der Waals surface area (Å²) in [7, 11) is 3.80. The van der Waals surface area contributed by atoms with Crippen LogP contribution in [0.3, 0.4) is 0 Å². The van der Waals surface area contributed by atoms with Crippen LogP contribution in [-0.2, 0) is 7.05 Å². The highest BCUT2D eigenvalue weighted by Crippen LogP contribution is 2.38. The van der Waals surface area contributed by atoms with Crippen molar-refractivity contribution in [3.05, 3.63) is 30.0 Å². The minimum Gasteiger partial charge on any atom is -0.495 e. The smallest absolute Gasteiger partial charge is 0.143 e. The Bertz CT molecular complexity index is 596. The minimum absolute atomic E-state index is 0.145. The van der Waals surface area contributed by atoms with Crippen LogP contribution in [0.15, 0.2) is 24.4 Å². The number of hydrogen-bond donors (Lipinski definition) is 1. The Morgan fingerprint density at radius 1 is 1.25 bits per heavy atom. The van der Waals surface area contributed by atoms with Crippen molar-refractivity contribution in [2.45, 2.75) is 38.1 Å². The van der Waals surface area contributed by atoms with E-state index in [1.54, 1.807) is 7.11 Å². The van der Waals surface area contributed by atoms with Crippen molar-refractivity contribution in [2.75, 3.05) is 7.11 Å². The van der Waals surface area contributed by atoms with E-state index >= 15 is 0 Å². The summed E-state index contributed by atoms with van der Waals surface area (Å²) in [5.74, 6) is 1.55. The Balaban J connectivity index is 2.03. The van der Waals surface area contributed by atoms with Gasteiger partial charge in [0.2, 0.25) is 0 Å². The van der Waals surface area contributed by atoms with Crippen molar-refractivity contribution >= 4 is 10.9 Å². The van der Waals surface area contributed by atoms with Gasteiger partial charge < -0.3 is 15.0 Å². The highest BCUT2D eigenvalue weighted by molar-refractivity contribution is 5.89. The van der Waals surface area contributed by atoms with Crippen LogP contribution in [0.25, 0.3) is 10.9 Å². The topological polar surface area (TPSA) is 40.2 Å². The van der Waals surface area contributed by atoms with Gasteiger partial charge >= 0.3 is 0 Å². The van der Waals surface area contributed by atoms with E-state index < -0.39 is 0 Å². The molecule has 0 saturated heterocycles. The van der Waals surface area contributed by atoms with E-state index in [9.17, 15) is 0 Å². The third kappa shape index (κ3) is 2.20. The fourth-order valence-corrected chi connectivity index (χ4v) is 3.64. The van der Waals surface area contributed by atoms with Gasteiger partial charge in [-0.2, -0.15) is 0 Å². The number of nitrogens with zero attached hydrogens (tertiary/aromatic N) is 1. The zero-order valence-electron chi connectivity index (χ0n) is 12.4. The van der Waals surface area contributed by atoms with Crippen molar-refractivity contribution in [3.8, 4) is 5.75 Å². The van der Waals surface area contributed by atoms with Gasteiger partial charge in [-0.15, -0.1) is 0 Å². The maximum atomic E-state index is 6.59. The van der Waals surface area contributed by atoms with Crippen molar-refractivity contribution in [1.29, 1.82) is 0 Å². The normalized spacial score (nSPS) is 18.4. The van der Waals surface area contributed by atoms with Gasteiger partial charge in [-0.1, -0.05) is 31.4 Å². The molecule has 1 atom stereocenters. The zero-order valence-corrected chi connectivity index (χ0v) is 12.4. The van der Waals surface area contributed by atoms with E-state index in [1.165, 1.54) is 43.1 Å². The largest absolute Gasteiger partial charge is 0.495 e. The quantitative estimate of drug-likeness (QED) is 0.924. The molecule has 0 aliphatic heterocycles. The summed E-state index contributed by atoms with van der Waals surface area (Å²) in [6.07, 6.45) is 8.74. The van der Waals surface area contributed by atoms with Gasteiger partial charge in [0.05, 0.1) is 12.6 Å².